The minimum absolute atomic E-state index is 0.213. The molecule has 3 aliphatic carbocycles. The molecule has 3 aliphatic rings. The number of hydrogen-bond acceptors (Lipinski definition) is 4. The van der Waals surface area contributed by atoms with E-state index >= 15 is 4.39 Å². The van der Waals surface area contributed by atoms with Crippen LogP contribution in [-0.4, -0.2) is 50.4 Å². The van der Waals surface area contributed by atoms with Crippen molar-refractivity contribution in [3.05, 3.63) is 35.5 Å². The van der Waals surface area contributed by atoms with E-state index < -0.39 is 35.4 Å². The van der Waals surface area contributed by atoms with E-state index in [-0.39, 0.29) is 17.3 Å². The number of halogens is 1. The van der Waals surface area contributed by atoms with Gasteiger partial charge in [0.05, 0.1) is 23.7 Å². The zero-order valence-corrected chi connectivity index (χ0v) is 20.4. The number of carboxylic acids is 1. The van der Waals surface area contributed by atoms with Crippen molar-refractivity contribution >= 4 is 5.97 Å². The molecule has 0 bridgehead atoms. The number of hydrogen-bond donors (Lipinski definition) is 4. The number of rotatable bonds is 6. The van der Waals surface area contributed by atoms with Gasteiger partial charge in [-0.3, -0.25) is 4.79 Å². The van der Waals surface area contributed by atoms with Gasteiger partial charge < -0.3 is 20.4 Å². The lowest BCUT2D eigenvalue weighted by Crippen LogP contribution is -2.42. The van der Waals surface area contributed by atoms with Crippen LogP contribution >= 0.6 is 0 Å². The van der Waals surface area contributed by atoms with E-state index in [0.29, 0.717) is 19.3 Å². The third-order valence-electron chi connectivity index (χ3n) is 8.61. The van der Waals surface area contributed by atoms with Crippen molar-refractivity contribution in [2.24, 2.45) is 22.7 Å². The Morgan fingerprint density at radius 2 is 1.79 bits per heavy atom. The predicted molar refractivity (Wildman–Crippen MR) is 126 cm³/mol. The Bertz CT molecular complexity index is 814. The summed E-state index contributed by atoms with van der Waals surface area (Å²) in [5.41, 5.74) is -0.875. The maximum Gasteiger partial charge on any atom is 0.312 e. The van der Waals surface area contributed by atoms with Crippen LogP contribution in [0.15, 0.2) is 35.5 Å². The molecule has 186 valence electrons. The van der Waals surface area contributed by atoms with Crippen molar-refractivity contribution in [3.63, 3.8) is 0 Å². The zero-order valence-electron chi connectivity index (χ0n) is 20.4. The summed E-state index contributed by atoms with van der Waals surface area (Å²) in [5, 5.41) is 39.6. The largest absolute Gasteiger partial charge is 0.481 e. The summed E-state index contributed by atoms with van der Waals surface area (Å²) in [4.78, 5) is 11.4. The third kappa shape index (κ3) is 5.44. The SMILES string of the molecule is CC(C)(C(=O)O)[C@H](O)/C=C/[C@](C)(F)[C@H]1CC[C@H]2/C(=C/C=C3C[C@@H](O)C[C@H](O)C3)CCC[C@@]21C. The third-order valence-corrected chi connectivity index (χ3v) is 8.61. The second kappa shape index (κ2) is 9.63. The summed E-state index contributed by atoms with van der Waals surface area (Å²) in [6, 6.07) is 0. The molecule has 6 heteroatoms. The van der Waals surface area contributed by atoms with Crippen LogP contribution in [0.5, 0.6) is 0 Å². The highest BCUT2D eigenvalue weighted by atomic mass is 19.1. The van der Waals surface area contributed by atoms with Crippen molar-refractivity contribution in [1.82, 2.24) is 0 Å². The van der Waals surface area contributed by atoms with Crippen LogP contribution in [0, 0.1) is 22.7 Å². The highest BCUT2D eigenvalue weighted by Crippen LogP contribution is 2.61. The van der Waals surface area contributed by atoms with Crippen LogP contribution in [0.3, 0.4) is 0 Å². The number of aliphatic hydroxyl groups is 3. The molecular weight excluding hydrogens is 423 g/mol. The van der Waals surface area contributed by atoms with Gasteiger partial charge in [0.25, 0.3) is 0 Å². The molecule has 0 unspecified atom stereocenters. The summed E-state index contributed by atoms with van der Waals surface area (Å²) >= 11 is 0. The molecule has 3 saturated carbocycles. The van der Waals surface area contributed by atoms with Crippen molar-refractivity contribution < 1.29 is 29.6 Å². The molecule has 0 spiro atoms. The Hall–Kier alpha value is -1.50. The Morgan fingerprint density at radius 1 is 1.15 bits per heavy atom. The second-order valence-electron chi connectivity index (χ2n) is 11.5. The van der Waals surface area contributed by atoms with Crippen molar-refractivity contribution in [3.8, 4) is 0 Å². The number of fused-ring (bicyclic) bond motifs is 1. The molecule has 0 radical (unpaired) electrons. The number of aliphatic carboxylic acids is 1. The molecule has 0 aromatic heterocycles. The average molecular weight is 465 g/mol. The summed E-state index contributed by atoms with van der Waals surface area (Å²) in [5.74, 6) is -1.07. The Balaban J connectivity index is 1.78. The molecule has 7 atom stereocenters. The lowest BCUT2D eigenvalue weighted by Gasteiger charge is -2.45. The van der Waals surface area contributed by atoms with Crippen LogP contribution in [0.1, 0.15) is 79.1 Å². The number of carboxylic acid groups (broad SMARTS) is 1. The molecule has 3 rings (SSSR count). The van der Waals surface area contributed by atoms with E-state index in [1.807, 2.05) is 0 Å². The van der Waals surface area contributed by atoms with E-state index in [1.165, 1.54) is 31.6 Å². The lowest BCUT2D eigenvalue weighted by molar-refractivity contribution is -0.151. The smallest absolute Gasteiger partial charge is 0.312 e. The quantitative estimate of drug-likeness (QED) is 0.427. The fraction of sp³-hybridized carbons (Fsp3) is 0.741. The first kappa shape index (κ1) is 26.1. The molecule has 3 fully saturated rings. The molecule has 0 heterocycles. The normalized spacial score (nSPS) is 37.1. The van der Waals surface area contributed by atoms with Crippen LogP contribution in [0.2, 0.25) is 0 Å². The highest BCUT2D eigenvalue weighted by Gasteiger charge is 2.55. The number of aliphatic hydroxyl groups excluding tert-OH is 3. The Morgan fingerprint density at radius 3 is 2.39 bits per heavy atom. The summed E-state index contributed by atoms with van der Waals surface area (Å²) < 4.78 is 16.0. The molecule has 4 N–H and O–H groups in total. The van der Waals surface area contributed by atoms with Crippen molar-refractivity contribution in [2.45, 2.75) is 103 Å². The van der Waals surface area contributed by atoms with E-state index in [9.17, 15) is 25.2 Å². The lowest BCUT2D eigenvalue weighted by atomic mass is 9.60. The minimum Gasteiger partial charge on any atom is -0.481 e. The second-order valence-corrected chi connectivity index (χ2v) is 11.5. The molecule has 0 aliphatic heterocycles. The van der Waals surface area contributed by atoms with E-state index in [2.05, 4.69) is 19.1 Å². The standard InChI is InChI=1S/C27H41FO5/c1-25(2,24(32)33)23(31)11-13-27(4,28)22-10-9-21-18(6-5-12-26(21,22)3)8-7-17-14-19(29)16-20(30)15-17/h7-8,11,13,19-23,29-31H,5-6,9-10,12,14-16H2,1-4H3,(H,32,33)/b13-11+,18-8+/t19-,20-,21+,22+,23-,26+,27+/m1/s1. The van der Waals surface area contributed by atoms with Crippen molar-refractivity contribution in [2.75, 3.05) is 0 Å². The zero-order chi connectivity index (χ0) is 24.6. The summed E-state index contributed by atoms with van der Waals surface area (Å²) in [6.45, 7) is 6.59. The first-order chi connectivity index (χ1) is 15.3. The number of alkyl halides is 1. The van der Waals surface area contributed by atoms with Gasteiger partial charge in [-0.15, -0.1) is 0 Å². The van der Waals surface area contributed by atoms with E-state index in [4.69, 9.17) is 0 Å². The highest BCUT2D eigenvalue weighted by molar-refractivity contribution is 5.74. The summed E-state index contributed by atoms with van der Waals surface area (Å²) in [7, 11) is 0. The van der Waals surface area contributed by atoms with Gasteiger partial charge in [-0.25, -0.2) is 4.39 Å². The van der Waals surface area contributed by atoms with Crippen LogP contribution in [0.4, 0.5) is 4.39 Å². The van der Waals surface area contributed by atoms with Gasteiger partial charge in [-0.1, -0.05) is 36.3 Å². The van der Waals surface area contributed by atoms with Gasteiger partial charge in [0.1, 0.15) is 5.67 Å². The van der Waals surface area contributed by atoms with Gasteiger partial charge in [-0.05, 0) is 89.5 Å². The fourth-order valence-corrected chi connectivity index (χ4v) is 6.46. The van der Waals surface area contributed by atoms with Crippen LogP contribution < -0.4 is 0 Å². The van der Waals surface area contributed by atoms with E-state index in [1.54, 1.807) is 6.92 Å². The Kier molecular flexibility index (Phi) is 7.62. The number of carbonyl (C=O) groups is 1. The van der Waals surface area contributed by atoms with E-state index in [0.717, 1.165) is 37.7 Å². The maximum atomic E-state index is 16.0. The number of allylic oxidation sites excluding steroid dienone is 4. The van der Waals surface area contributed by atoms with Crippen LogP contribution in [-0.2, 0) is 4.79 Å². The van der Waals surface area contributed by atoms with Gasteiger partial charge in [0.15, 0.2) is 0 Å². The summed E-state index contributed by atoms with van der Waals surface area (Å²) in [6.07, 6.45) is 10.8. The van der Waals surface area contributed by atoms with Crippen molar-refractivity contribution in [1.29, 1.82) is 0 Å². The maximum absolute atomic E-state index is 16.0. The molecule has 0 aromatic carbocycles. The minimum atomic E-state index is -1.66. The monoisotopic (exact) mass is 464 g/mol. The average Bonchev–Trinajstić information content (AvgIpc) is 3.08. The first-order valence-electron chi connectivity index (χ1n) is 12.3. The fourth-order valence-electron chi connectivity index (χ4n) is 6.46. The molecular formula is C27H41FO5. The Labute approximate surface area is 197 Å². The molecule has 0 aromatic rings. The predicted octanol–water partition coefficient (Wildman–Crippen LogP) is 4.72. The molecule has 33 heavy (non-hydrogen) atoms. The van der Waals surface area contributed by atoms with Gasteiger partial charge in [-0.2, -0.15) is 0 Å². The molecule has 0 saturated heterocycles. The van der Waals surface area contributed by atoms with Crippen LogP contribution in [0.25, 0.3) is 0 Å². The topological polar surface area (TPSA) is 98.0 Å². The van der Waals surface area contributed by atoms with Gasteiger partial charge in [0, 0.05) is 5.92 Å². The van der Waals surface area contributed by atoms with Gasteiger partial charge in [0.2, 0.25) is 0 Å². The first-order valence-corrected chi connectivity index (χ1v) is 12.3. The molecule has 0 amide bonds. The molecule has 5 nitrogen and oxygen atoms in total. The van der Waals surface area contributed by atoms with Gasteiger partial charge >= 0.3 is 5.97 Å².